The number of aldehydes is 1. The van der Waals surface area contributed by atoms with Crippen LogP contribution in [0.2, 0.25) is 0 Å². The van der Waals surface area contributed by atoms with Crippen LogP contribution in [0.25, 0.3) is 0 Å². The minimum absolute atomic E-state index is 0.434. The molecular formula is C15H15NO3. The van der Waals surface area contributed by atoms with E-state index in [9.17, 15) is 4.79 Å². The molecule has 0 aliphatic carbocycles. The van der Waals surface area contributed by atoms with Crippen molar-refractivity contribution < 1.29 is 14.3 Å². The van der Waals surface area contributed by atoms with Gasteiger partial charge in [-0.15, -0.1) is 0 Å². The first-order valence-corrected chi connectivity index (χ1v) is 6.07. The molecule has 0 radical (unpaired) electrons. The molecule has 0 aliphatic heterocycles. The summed E-state index contributed by atoms with van der Waals surface area (Å²) in [6.07, 6.45) is 4.23. The Labute approximate surface area is 112 Å². The van der Waals surface area contributed by atoms with Gasteiger partial charge in [0.1, 0.15) is 12.9 Å². The van der Waals surface area contributed by atoms with Crippen molar-refractivity contribution in [3.63, 3.8) is 0 Å². The molecule has 0 amide bonds. The Bertz CT molecular complexity index is 540. The first-order valence-electron chi connectivity index (χ1n) is 6.07. The molecule has 0 N–H and O–H groups in total. The van der Waals surface area contributed by atoms with Gasteiger partial charge in [-0.1, -0.05) is 0 Å². The molecule has 0 fully saturated rings. The van der Waals surface area contributed by atoms with E-state index in [1.165, 1.54) is 0 Å². The van der Waals surface area contributed by atoms with Crippen molar-refractivity contribution in [1.82, 2.24) is 4.98 Å². The average molecular weight is 257 g/mol. The number of rotatable bonds is 6. The van der Waals surface area contributed by atoms with Gasteiger partial charge in [-0.2, -0.15) is 0 Å². The van der Waals surface area contributed by atoms with E-state index in [2.05, 4.69) is 4.98 Å². The van der Waals surface area contributed by atoms with Crippen molar-refractivity contribution in [3.8, 4) is 11.5 Å². The number of hydrogen-bond acceptors (Lipinski definition) is 4. The van der Waals surface area contributed by atoms with Crippen molar-refractivity contribution >= 4 is 6.29 Å². The summed E-state index contributed by atoms with van der Waals surface area (Å²) in [5, 5.41) is 0. The van der Waals surface area contributed by atoms with Gasteiger partial charge >= 0.3 is 0 Å². The van der Waals surface area contributed by atoms with Gasteiger partial charge in [-0.05, 0) is 42.8 Å². The van der Waals surface area contributed by atoms with E-state index in [1.54, 1.807) is 30.6 Å². The van der Waals surface area contributed by atoms with Gasteiger partial charge in [-0.3, -0.25) is 9.78 Å². The number of ether oxygens (including phenoxy) is 2. The Morgan fingerprint density at radius 1 is 1.11 bits per heavy atom. The SMILES string of the molecule is CCOc1cc(C=O)ccc1OCc1ccncc1. The molecule has 2 aromatic rings. The summed E-state index contributed by atoms with van der Waals surface area (Å²) < 4.78 is 11.2. The lowest BCUT2D eigenvalue weighted by molar-refractivity contribution is 0.112. The largest absolute Gasteiger partial charge is 0.490 e. The Morgan fingerprint density at radius 3 is 2.58 bits per heavy atom. The number of hydrogen-bond donors (Lipinski definition) is 0. The molecule has 2 rings (SSSR count). The van der Waals surface area contributed by atoms with Crippen LogP contribution < -0.4 is 9.47 Å². The zero-order chi connectivity index (χ0) is 13.5. The standard InChI is InChI=1S/C15H15NO3/c1-2-18-15-9-13(10-17)3-4-14(15)19-11-12-5-7-16-8-6-12/h3-10H,2,11H2,1H3. The van der Waals surface area contributed by atoms with Crippen molar-refractivity contribution in [2.24, 2.45) is 0 Å². The summed E-state index contributed by atoms with van der Waals surface area (Å²) in [6, 6.07) is 8.91. The van der Waals surface area contributed by atoms with Crippen molar-refractivity contribution in [2.45, 2.75) is 13.5 Å². The molecule has 1 aromatic heterocycles. The second-order valence-corrected chi connectivity index (χ2v) is 3.90. The predicted molar refractivity (Wildman–Crippen MR) is 71.6 cm³/mol. The zero-order valence-electron chi connectivity index (χ0n) is 10.7. The predicted octanol–water partition coefficient (Wildman–Crippen LogP) is 2.87. The molecular weight excluding hydrogens is 242 g/mol. The van der Waals surface area contributed by atoms with Crippen LogP contribution in [-0.2, 0) is 6.61 Å². The van der Waals surface area contributed by atoms with Crippen molar-refractivity contribution in [2.75, 3.05) is 6.61 Å². The van der Waals surface area contributed by atoms with Crippen LogP contribution in [0.15, 0.2) is 42.7 Å². The number of carbonyl (C=O) groups is 1. The lowest BCUT2D eigenvalue weighted by Gasteiger charge is -2.12. The van der Waals surface area contributed by atoms with E-state index in [1.807, 2.05) is 19.1 Å². The third kappa shape index (κ3) is 3.55. The molecule has 0 saturated carbocycles. The summed E-state index contributed by atoms with van der Waals surface area (Å²) in [7, 11) is 0. The fraction of sp³-hybridized carbons (Fsp3) is 0.200. The number of carbonyl (C=O) groups excluding carboxylic acids is 1. The maximum atomic E-state index is 10.8. The Kier molecular flexibility index (Phi) is 4.50. The molecule has 98 valence electrons. The molecule has 0 saturated heterocycles. The number of aromatic nitrogens is 1. The van der Waals surface area contributed by atoms with Crippen LogP contribution in [0.3, 0.4) is 0 Å². The van der Waals surface area contributed by atoms with E-state index in [-0.39, 0.29) is 0 Å². The highest BCUT2D eigenvalue weighted by Crippen LogP contribution is 2.28. The van der Waals surface area contributed by atoms with Gasteiger partial charge in [0, 0.05) is 18.0 Å². The summed E-state index contributed by atoms with van der Waals surface area (Å²) in [6.45, 7) is 2.84. The van der Waals surface area contributed by atoms with Gasteiger partial charge in [0.25, 0.3) is 0 Å². The lowest BCUT2D eigenvalue weighted by Crippen LogP contribution is -2.00. The van der Waals surface area contributed by atoms with Crippen molar-refractivity contribution in [3.05, 3.63) is 53.9 Å². The van der Waals surface area contributed by atoms with Crippen LogP contribution >= 0.6 is 0 Å². The minimum Gasteiger partial charge on any atom is -0.490 e. The third-order valence-corrected chi connectivity index (χ3v) is 2.55. The molecule has 0 unspecified atom stereocenters. The van der Waals surface area contributed by atoms with Gasteiger partial charge in [0.05, 0.1) is 6.61 Å². The lowest BCUT2D eigenvalue weighted by atomic mass is 10.2. The molecule has 0 aliphatic rings. The zero-order valence-corrected chi connectivity index (χ0v) is 10.7. The summed E-state index contributed by atoms with van der Waals surface area (Å²) in [5.74, 6) is 1.21. The van der Waals surface area contributed by atoms with Crippen LogP contribution in [-0.4, -0.2) is 17.9 Å². The summed E-state index contributed by atoms with van der Waals surface area (Å²) in [4.78, 5) is 14.7. The monoisotopic (exact) mass is 257 g/mol. The van der Waals surface area contributed by atoms with E-state index < -0.39 is 0 Å². The molecule has 0 atom stereocenters. The molecule has 0 spiro atoms. The summed E-state index contributed by atoms with van der Waals surface area (Å²) in [5.41, 5.74) is 1.59. The van der Waals surface area contributed by atoms with Gasteiger partial charge < -0.3 is 9.47 Å². The average Bonchev–Trinajstić information content (AvgIpc) is 2.47. The Morgan fingerprint density at radius 2 is 1.89 bits per heavy atom. The molecule has 0 bridgehead atoms. The Balaban J connectivity index is 2.12. The molecule has 1 aromatic carbocycles. The minimum atomic E-state index is 0.434. The first kappa shape index (κ1) is 13.1. The van der Waals surface area contributed by atoms with Crippen molar-refractivity contribution in [1.29, 1.82) is 0 Å². The van der Waals surface area contributed by atoms with Crippen LogP contribution in [0.1, 0.15) is 22.8 Å². The highest BCUT2D eigenvalue weighted by Gasteiger charge is 2.06. The van der Waals surface area contributed by atoms with Gasteiger partial charge in [0.15, 0.2) is 11.5 Å². The maximum absolute atomic E-state index is 10.8. The fourth-order valence-corrected chi connectivity index (χ4v) is 1.63. The summed E-state index contributed by atoms with van der Waals surface area (Å²) >= 11 is 0. The highest BCUT2D eigenvalue weighted by atomic mass is 16.5. The number of nitrogens with zero attached hydrogens (tertiary/aromatic N) is 1. The molecule has 19 heavy (non-hydrogen) atoms. The Hall–Kier alpha value is -2.36. The second-order valence-electron chi connectivity index (χ2n) is 3.90. The van der Waals surface area contributed by atoms with Gasteiger partial charge in [-0.25, -0.2) is 0 Å². The quantitative estimate of drug-likeness (QED) is 0.746. The van der Waals surface area contributed by atoms with E-state index in [0.29, 0.717) is 30.3 Å². The molecule has 4 nitrogen and oxygen atoms in total. The number of pyridine rings is 1. The number of benzene rings is 1. The highest BCUT2D eigenvalue weighted by molar-refractivity contribution is 5.76. The van der Waals surface area contributed by atoms with E-state index in [4.69, 9.17) is 9.47 Å². The van der Waals surface area contributed by atoms with Gasteiger partial charge in [0.2, 0.25) is 0 Å². The third-order valence-electron chi connectivity index (χ3n) is 2.55. The molecule has 1 heterocycles. The van der Waals surface area contributed by atoms with E-state index in [0.717, 1.165) is 11.8 Å². The second kappa shape index (κ2) is 6.54. The molecule has 4 heteroatoms. The van der Waals surface area contributed by atoms with Crippen LogP contribution in [0, 0.1) is 0 Å². The topological polar surface area (TPSA) is 48.4 Å². The van der Waals surface area contributed by atoms with Crippen LogP contribution in [0.5, 0.6) is 11.5 Å². The fourth-order valence-electron chi connectivity index (χ4n) is 1.63. The first-order chi connectivity index (χ1) is 9.33. The van der Waals surface area contributed by atoms with E-state index >= 15 is 0 Å². The normalized spacial score (nSPS) is 9.95. The maximum Gasteiger partial charge on any atom is 0.161 e. The smallest absolute Gasteiger partial charge is 0.161 e. The van der Waals surface area contributed by atoms with Crippen LogP contribution in [0.4, 0.5) is 0 Å².